The lowest BCUT2D eigenvalue weighted by Crippen LogP contribution is -2.43. The standard InChI is InChI=1S/C25H34N6O4S/c1-16-8-7-13-31(26-15-16)36(33,34)18-11-12-19(20(14-18)35-3)23-27-24-21(25(32)28-23)22(29-30(24)2)17-9-5-4-6-10-17/h11-12,14,16-17,26H,4-10,13,15H2,1-3H3,(H,27,28,32). The van der Waals surface area contributed by atoms with Crippen LogP contribution in [0.4, 0.5) is 0 Å². The summed E-state index contributed by atoms with van der Waals surface area (Å²) in [7, 11) is -0.490. The van der Waals surface area contributed by atoms with E-state index in [0.29, 0.717) is 47.2 Å². The Bertz CT molecular complexity index is 1420. The van der Waals surface area contributed by atoms with E-state index < -0.39 is 10.0 Å². The molecule has 2 aromatic heterocycles. The number of fused-ring (bicyclic) bond motifs is 1. The molecule has 3 heterocycles. The predicted octanol–water partition coefficient (Wildman–Crippen LogP) is 3.31. The number of aromatic nitrogens is 4. The van der Waals surface area contributed by atoms with Crippen molar-refractivity contribution < 1.29 is 13.2 Å². The van der Waals surface area contributed by atoms with Crippen LogP contribution in [0.25, 0.3) is 22.4 Å². The van der Waals surface area contributed by atoms with E-state index in [4.69, 9.17) is 9.72 Å². The number of nitrogens with zero attached hydrogens (tertiary/aromatic N) is 4. The predicted molar refractivity (Wildman–Crippen MR) is 137 cm³/mol. The molecule has 1 unspecified atom stereocenters. The molecule has 0 amide bonds. The zero-order chi connectivity index (χ0) is 25.4. The van der Waals surface area contributed by atoms with Gasteiger partial charge in [-0.15, -0.1) is 4.41 Å². The molecule has 2 fully saturated rings. The average molecular weight is 515 g/mol. The van der Waals surface area contributed by atoms with Crippen LogP contribution in [0.5, 0.6) is 5.75 Å². The molecule has 1 aliphatic heterocycles. The number of rotatable bonds is 5. The average Bonchev–Trinajstić information content (AvgIpc) is 3.06. The number of ether oxygens (including phenoxy) is 1. The maximum absolute atomic E-state index is 13.3. The van der Waals surface area contributed by atoms with Crippen molar-refractivity contribution in [2.75, 3.05) is 20.2 Å². The highest BCUT2D eigenvalue weighted by molar-refractivity contribution is 7.89. The smallest absolute Gasteiger partial charge is 0.262 e. The number of hydrogen-bond donors (Lipinski definition) is 2. The number of benzene rings is 1. The highest BCUT2D eigenvalue weighted by Crippen LogP contribution is 2.35. The third-order valence-electron chi connectivity index (χ3n) is 7.40. The molecule has 1 atom stereocenters. The molecule has 2 aliphatic rings. The van der Waals surface area contributed by atoms with E-state index in [1.54, 1.807) is 17.8 Å². The van der Waals surface area contributed by atoms with Crippen molar-refractivity contribution in [3.8, 4) is 17.1 Å². The Morgan fingerprint density at radius 3 is 2.64 bits per heavy atom. The molecule has 0 bridgehead atoms. The molecule has 1 saturated heterocycles. The Morgan fingerprint density at radius 1 is 1.11 bits per heavy atom. The Balaban J connectivity index is 1.52. The summed E-state index contributed by atoms with van der Waals surface area (Å²) >= 11 is 0. The minimum Gasteiger partial charge on any atom is -0.496 e. The lowest BCUT2D eigenvalue weighted by molar-refractivity contribution is 0.327. The highest BCUT2D eigenvalue weighted by Gasteiger charge is 2.29. The molecule has 3 aromatic rings. The van der Waals surface area contributed by atoms with Gasteiger partial charge in [-0.3, -0.25) is 4.79 Å². The van der Waals surface area contributed by atoms with Crippen molar-refractivity contribution in [3.63, 3.8) is 0 Å². The van der Waals surface area contributed by atoms with Gasteiger partial charge in [-0.2, -0.15) is 5.10 Å². The van der Waals surface area contributed by atoms with Crippen LogP contribution < -0.4 is 15.7 Å². The largest absolute Gasteiger partial charge is 0.496 e. The first-order valence-corrected chi connectivity index (χ1v) is 14.1. The van der Waals surface area contributed by atoms with Gasteiger partial charge in [0.05, 0.1) is 23.3 Å². The maximum atomic E-state index is 13.3. The van der Waals surface area contributed by atoms with Crippen LogP contribution in [-0.4, -0.2) is 52.8 Å². The maximum Gasteiger partial charge on any atom is 0.262 e. The molecule has 194 valence electrons. The van der Waals surface area contributed by atoms with Gasteiger partial charge in [0.15, 0.2) is 5.65 Å². The molecule has 2 N–H and O–H groups in total. The number of methoxy groups -OCH3 is 1. The molecule has 1 aliphatic carbocycles. The van der Waals surface area contributed by atoms with E-state index >= 15 is 0 Å². The number of H-pyrrole nitrogens is 1. The minimum atomic E-state index is -3.76. The van der Waals surface area contributed by atoms with Crippen LogP contribution in [-0.2, 0) is 17.1 Å². The first-order valence-electron chi connectivity index (χ1n) is 12.7. The van der Waals surface area contributed by atoms with Crippen molar-refractivity contribution in [2.45, 2.75) is 62.7 Å². The molecule has 1 aromatic carbocycles. The number of aryl methyl sites for hydroxylation is 1. The van der Waals surface area contributed by atoms with Crippen molar-refractivity contribution in [1.29, 1.82) is 0 Å². The monoisotopic (exact) mass is 514 g/mol. The van der Waals surface area contributed by atoms with Crippen LogP contribution in [0.3, 0.4) is 0 Å². The summed E-state index contributed by atoms with van der Waals surface area (Å²) in [4.78, 5) is 21.0. The number of aromatic amines is 1. The first kappa shape index (κ1) is 24.9. The molecule has 10 nitrogen and oxygen atoms in total. The number of hydrogen-bond acceptors (Lipinski definition) is 7. The van der Waals surface area contributed by atoms with Crippen LogP contribution in [0.2, 0.25) is 0 Å². The van der Waals surface area contributed by atoms with Crippen LogP contribution in [0.1, 0.15) is 63.5 Å². The van der Waals surface area contributed by atoms with Gasteiger partial charge in [-0.05, 0) is 43.7 Å². The van der Waals surface area contributed by atoms with Gasteiger partial charge in [0, 0.05) is 32.1 Å². The molecular formula is C25H34N6O4S. The zero-order valence-electron chi connectivity index (χ0n) is 21.1. The molecule has 0 spiro atoms. The highest BCUT2D eigenvalue weighted by atomic mass is 32.2. The second kappa shape index (κ2) is 9.95. The van der Waals surface area contributed by atoms with Crippen LogP contribution >= 0.6 is 0 Å². The quantitative estimate of drug-likeness (QED) is 0.536. The Kier molecular flexibility index (Phi) is 6.88. The Hall–Kier alpha value is -2.76. The molecule has 1 saturated carbocycles. The van der Waals surface area contributed by atoms with Crippen LogP contribution in [0, 0.1) is 5.92 Å². The first-order chi connectivity index (χ1) is 17.3. The zero-order valence-corrected chi connectivity index (χ0v) is 21.9. The van der Waals surface area contributed by atoms with Gasteiger partial charge in [-0.25, -0.2) is 23.5 Å². The summed E-state index contributed by atoms with van der Waals surface area (Å²) < 4.78 is 35.2. The molecule has 5 rings (SSSR count). The van der Waals surface area contributed by atoms with Crippen molar-refractivity contribution in [2.24, 2.45) is 13.0 Å². The van der Waals surface area contributed by atoms with Gasteiger partial charge in [0.2, 0.25) is 0 Å². The molecular weight excluding hydrogens is 480 g/mol. The normalized spacial score (nSPS) is 20.5. The van der Waals surface area contributed by atoms with E-state index in [2.05, 4.69) is 22.4 Å². The van der Waals surface area contributed by atoms with E-state index in [1.807, 2.05) is 0 Å². The topological polar surface area (TPSA) is 122 Å². The fourth-order valence-corrected chi connectivity index (χ4v) is 6.72. The van der Waals surface area contributed by atoms with E-state index in [1.165, 1.54) is 30.1 Å². The number of hydrazine groups is 1. The van der Waals surface area contributed by atoms with Gasteiger partial charge >= 0.3 is 0 Å². The van der Waals surface area contributed by atoms with E-state index in [0.717, 1.165) is 44.2 Å². The SMILES string of the molecule is COc1cc(S(=O)(=O)N2CCCC(C)CN2)ccc1-c1nc2c(c(C3CCCCC3)nn2C)c(=O)[nH]1. The van der Waals surface area contributed by atoms with Gasteiger partial charge < -0.3 is 9.72 Å². The van der Waals surface area contributed by atoms with E-state index in [9.17, 15) is 13.2 Å². The lowest BCUT2D eigenvalue weighted by Gasteiger charge is -2.21. The second-order valence-corrected chi connectivity index (χ2v) is 11.9. The van der Waals surface area contributed by atoms with Crippen LogP contribution in [0.15, 0.2) is 27.9 Å². The van der Waals surface area contributed by atoms with Crippen molar-refractivity contribution >= 4 is 21.1 Å². The Morgan fingerprint density at radius 2 is 1.89 bits per heavy atom. The summed E-state index contributed by atoms with van der Waals surface area (Å²) in [6.07, 6.45) is 7.33. The number of nitrogens with one attached hydrogen (secondary N) is 2. The summed E-state index contributed by atoms with van der Waals surface area (Å²) in [5, 5.41) is 5.21. The minimum absolute atomic E-state index is 0.119. The lowest BCUT2D eigenvalue weighted by atomic mass is 9.86. The van der Waals surface area contributed by atoms with Gasteiger partial charge in [0.25, 0.3) is 15.6 Å². The third-order valence-corrected chi connectivity index (χ3v) is 9.14. The number of sulfonamides is 1. The Labute approximate surface area is 211 Å². The third kappa shape index (κ3) is 4.55. The molecule has 36 heavy (non-hydrogen) atoms. The summed E-state index contributed by atoms with van der Waals surface area (Å²) in [5.41, 5.74) is 4.64. The van der Waals surface area contributed by atoms with Crippen molar-refractivity contribution in [3.05, 3.63) is 34.2 Å². The fourth-order valence-electron chi connectivity index (χ4n) is 5.36. The van der Waals surface area contributed by atoms with Gasteiger partial charge in [-0.1, -0.05) is 26.2 Å². The summed E-state index contributed by atoms with van der Waals surface area (Å²) in [6.45, 7) is 3.12. The fraction of sp³-hybridized carbons (Fsp3) is 0.560. The summed E-state index contributed by atoms with van der Waals surface area (Å²) in [6, 6.07) is 4.65. The van der Waals surface area contributed by atoms with E-state index in [-0.39, 0.29) is 16.4 Å². The molecule has 0 radical (unpaired) electrons. The summed E-state index contributed by atoms with van der Waals surface area (Å²) in [5.74, 6) is 1.31. The second-order valence-electron chi connectivity index (χ2n) is 10.0. The molecule has 11 heteroatoms. The van der Waals surface area contributed by atoms with Crippen molar-refractivity contribution in [1.82, 2.24) is 29.6 Å². The van der Waals surface area contributed by atoms with Gasteiger partial charge in [0.1, 0.15) is 17.0 Å².